The zero-order valence-electron chi connectivity index (χ0n) is 11.9. The van der Waals surface area contributed by atoms with Gasteiger partial charge in [0.25, 0.3) is 0 Å². The van der Waals surface area contributed by atoms with Crippen LogP contribution >= 0.6 is 0 Å². The van der Waals surface area contributed by atoms with Crippen LogP contribution in [0.5, 0.6) is 11.5 Å². The van der Waals surface area contributed by atoms with Gasteiger partial charge in [-0.05, 0) is 29.8 Å². The smallest absolute Gasteiger partial charge is 0.200 e. The van der Waals surface area contributed by atoms with Gasteiger partial charge >= 0.3 is 0 Å². The molecule has 0 spiro atoms. The van der Waals surface area contributed by atoms with Gasteiger partial charge in [0.05, 0.1) is 18.1 Å². The minimum atomic E-state index is -0.414. The molecule has 0 bridgehead atoms. The first-order valence-electron chi connectivity index (χ1n) is 6.68. The standard InChI is InChI=1S/C17H14O5/c1-21-12-5-2-10(3-6-12)16-15(9-18)22-14-8-11(19)4-7-13(14)17(16)20/h2-8,18-19H,9H2,1H3. The molecule has 0 radical (unpaired) electrons. The first-order chi connectivity index (χ1) is 10.6. The van der Waals surface area contributed by atoms with Crippen molar-refractivity contribution in [3.8, 4) is 22.6 Å². The highest BCUT2D eigenvalue weighted by molar-refractivity contribution is 5.83. The van der Waals surface area contributed by atoms with E-state index in [9.17, 15) is 15.0 Å². The van der Waals surface area contributed by atoms with Crippen molar-refractivity contribution in [3.05, 3.63) is 58.4 Å². The zero-order chi connectivity index (χ0) is 15.7. The van der Waals surface area contributed by atoms with E-state index >= 15 is 0 Å². The molecule has 0 saturated carbocycles. The highest BCUT2D eigenvalue weighted by atomic mass is 16.5. The number of aliphatic hydroxyl groups excluding tert-OH is 1. The van der Waals surface area contributed by atoms with E-state index in [0.717, 1.165) is 0 Å². The molecule has 0 aliphatic rings. The van der Waals surface area contributed by atoms with Crippen LogP contribution in [0.1, 0.15) is 5.76 Å². The molecule has 0 fully saturated rings. The van der Waals surface area contributed by atoms with Crippen LogP contribution in [-0.2, 0) is 6.61 Å². The summed E-state index contributed by atoms with van der Waals surface area (Å²) in [6, 6.07) is 11.2. The number of ether oxygens (including phenoxy) is 1. The van der Waals surface area contributed by atoms with Crippen molar-refractivity contribution in [2.24, 2.45) is 0 Å². The predicted octanol–water partition coefficient (Wildman–Crippen LogP) is 2.67. The van der Waals surface area contributed by atoms with Gasteiger partial charge in [-0.2, -0.15) is 0 Å². The Labute approximate surface area is 126 Å². The average Bonchev–Trinajstić information content (AvgIpc) is 2.54. The summed E-state index contributed by atoms with van der Waals surface area (Å²) in [5, 5.41) is 19.4. The van der Waals surface area contributed by atoms with E-state index < -0.39 is 6.61 Å². The van der Waals surface area contributed by atoms with Gasteiger partial charge in [-0.1, -0.05) is 12.1 Å². The predicted molar refractivity (Wildman–Crippen MR) is 82.1 cm³/mol. The van der Waals surface area contributed by atoms with E-state index in [1.807, 2.05) is 0 Å². The lowest BCUT2D eigenvalue weighted by molar-refractivity contribution is 0.249. The number of rotatable bonds is 3. The third-order valence-corrected chi connectivity index (χ3v) is 3.47. The molecular weight excluding hydrogens is 284 g/mol. The molecule has 1 aromatic heterocycles. The second kappa shape index (κ2) is 5.54. The topological polar surface area (TPSA) is 79.9 Å². The van der Waals surface area contributed by atoms with E-state index in [4.69, 9.17) is 9.15 Å². The Hall–Kier alpha value is -2.79. The van der Waals surface area contributed by atoms with Gasteiger partial charge in [0, 0.05) is 6.07 Å². The average molecular weight is 298 g/mol. The molecule has 5 heteroatoms. The Morgan fingerprint density at radius 1 is 1.14 bits per heavy atom. The fourth-order valence-electron chi connectivity index (χ4n) is 2.39. The van der Waals surface area contributed by atoms with E-state index in [2.05, 4.69) is 0 Å². The molecule has 0 atom stereocenters. The highest BCUT2D eigenvalue weighted by Gasteiger charge is 2.16. The van der Waals surface area contributed by atoms with Crippen LogP contribution in [0.4, 0.5) is 0 Å². The summed E-state index contributed by atoms with van der Waals surface area (Å²) in [5.74, 6) is 0.828. The van der Waals surface area contributed by atoms with Crippen LogP contribution in [0.25, 0.3) is 22.1 Å². The van der Waals surface area contributed by atoms with E-state index in [1.165, 1.54) is 18.2 Å². The molecule has 22 heavy (non-hydrogen) atoms. The lowest BCUT2D eigenvalue weighted by atomic mass is 10.0. The molecule has 1 heterocycles. The Balaban J connectivity index is 2.29. The van der Waals surface area contributed by atoms with Crippen LogP contribution in [0.2, 0.25) is 0 Å². The quantitative estimate of drug-likeness (QED) is 0.777. The van der Waals surface area contributed by atoms with Crippen LogP contribution in [0, 0.1) is 0 Å². The second-order valence-corrected chi connectivity index (χ2v) is 4.80. The molecule has 0 amide bonds. The van der Waals surface area contributed by atoms with Crippen LogP contribution in [0.3, 0.4) is 0 Å². The Kier molecular flexibility index (Phi) is 3.56. The van der Waals surface area contributed by atoms with Crippen molar-refractivity contribution < 1.29 is 19.4 Å². The lowest BCUT2D eigenvalue weighted by Crippen LogP contribution is -2.09. The summed E-state index contributed by atoms with van der Waals surface area (Å²) >= 11 is 0. The molecule has 2 N–H and O–H groups in total. The van der Waals surface area contributed by atoms with Gasteiger partial charge in [-0.15, -0.1) is 0 Å². The SMILES string of the molecule is COc1ccc(-c2c(CO)oc3cc(O)ccc3c2=O)cc1. The van der Waals surface area contributed by atoms with E-state index in [0.29, 0.717) is 22.3 Å². The Morgan fingerprint density at radius 2 is 1.86 bits per heavy atom. The van der Waals surface area contributed by atoms with Crippen molar-refractivity contribution in [2.75, 3.05) is 7.11 Å². The summed E-state index contributed by atoms with van der Waals surface area (Å²) in [5.41, 5.74) is 0.929. The molecule has 3 aromatic rings. The van der Waals surface area contributed by atoms with E-state index in [1.54, 1.807) is 31.4 Å². The molecule has 0 aliphatic heterocycles. The van der Waals surface area contributed by atoms with Crippen molar-refractivity contribution in [1.82, 2.24) is 0 Å². The monoisotopic (exact) mass is 298 g/mol. The van der Waals surface area contributed by atoms with Gasteiger partial charge in [-0.3, -0.25) is 4.79 Å². The fourth-order valence-corrected chi connectivity index (χ4v) is 2.39. The third-order valence-electron chi connectivity index (χ3n) is 3.47. The number of fused-ring (bicyclic) bond motifs is 1. The number of hydrogen-bond donors (Lipinski definition) is 2. The summed E-state index contributed by atoms with van der Waals surface area (Å²) in [7, 11) is 1.56. The van der Waals surface area contributed by atoms with Crippen LogP contribution in [-0.4, -0.2) is 17.3 Å². The lowest BCUT2D eigenvalue weighted by Gasteiger charge is -2.09. The third kappa shape index (κ3) is 2.31. The maximum absolute atomic E-state index is 12.7. The summed E-state index contributed by atoms with van der Waals surface area (Å²) in [6.45, 7) is -0.414. The number of phenols is 1. The van der Waals surface area contributed by atoms with Gasteiger partial charge in [0.15, 0.2) is 0 Å². The number of phenolic OH excluding ortho intramolecular Hbond substituents is 1. The highest BCUT2D eigenvalue weighted by Crippen LogP contribution is 2.27. The number of methoxy groups -OCH3 is 1. The molecule has 112 valence electrons. The number of aliphatic hydroxyl groups is 1. The first-order valence-corrected chi connectivity index (χ1v) is 6.68. The fraction of sp³-hybridized carbons (Fsp3) is 0.118. The molecule has 0 saturated heterocycles. The number of benzene rings is 2. The van der Waals surface area contributed by atoms with Crippen molar-refractivity contribution >= 4 is 11.0 Å². The summed E-state index contributed by atoms with van der Waals surface area (Å²) < 4.78 is 10.7. The van der Waals surface area contributed by atoms with Crippen molar-refractivity contribution in [2.45, 2.75) is 6.61 Å². The second-order valence-electron chi connectivity index (χ2n) is 4.80. The molecule has 3 rings (SSSR count). The largest absolute Gasteiger partial charge is 0.508 e. The minimum Gasteiger partial charge on any atom is -0.508 e. The van der Waals surface area contributed by atoms with Gasteiger partial charge in [0.2, 0.25) is 5.43 Å². The van der Waals surface area contributed by atoms with Crippen molar-refractivity contribution in [1.29, 1.82) is 0 Å². The number of aromatic hydroxyl groups is 1. The summed E-state index contributed by atoms with van der Waals surface area (Å²) in [4.78, 5) is 12.7. The maximum Gasteiger partial charge on any atom is 0.200 e. The molecule has 0 unspecified atom stereocenters. The van der Waals surface area contributed by atoms with Gasteiger partial charge in [0.1, 0.15) is 29.4 Å². The van der Waals surface area contributed by atoms with E-state index in [-0.39, 0.29) is 22.5 Å². The normalized spacial score (nSPS) is 10.8. The molecule has 5 nitrogen and oxygen atoms in total. The minimum absolute atomic E-state index is 0.00302. The van der Waals surface area contributed by atoms with Crippen LogP contribution in [0.15, 0.2) is 51.7 Å². The molecular formula is C17H14O5. The van der Waals surface area contributed by atoms with Gasteiger partial charge in [-0.25, -0.2) is 0 Å². The van der Waals surface area contributed by atoms with Crippen LogP contribution < -0.4 is 10.2 Å². The Morgan fingerprint density at radius 3 is 2.50 bits per heavy atom. The van der Waals surface area contributed by atoms with Crippen molar-refractivity contribution in [3.63, 3.8) is 0 Å². The van der Waals surface area contributed by atoms with Gasteiger partial charge < -0.3 is 19.4 Å². The summed E-state index contributed by atoms with van der Waals surface area (Å²) in [6.07, 6.45) is 0. The molecule has 2 aromatic carbocycles. The zero-order valence-corrected chi connectivity index (χ0v) is 11.9. The molecule has 0 aliphatic carbocycles. The maximum atomic E-state index is 12.7. The first kappa shape index (κ1) is 14.2. The Bertz CT molecular complexity index is 878. The number of hydrogen-bond acceptors (Lipinski definition) is 5.